The molecule has 1 N–H and O–H groups in total. The number of hydrazone groups is 1. The number of carboxylic acids is 1. The average Bonchev–Trinajstić information content (AvgIpc) is 3.18. The number of furan rings is 1. The molecule has 0 radical (unpaired) electrons. The average molecular weight is 322 g/mol. The first-order valence-electron chi connectivity index (χ1n) is 7.21. The summed E-state index contributed by atoms with van der Waals surface area (Å²) in [5.41, 5.74) is 1.73. The van der Waals surface area contributed by atoms with Crippen LogP contribution in [0, 0.1) is 0 Å². The summed E-state index contributed by atoms with van der Waals surface area (Å²) in [6, 6.07) is 9.58. The van der Waals surface area contributed by atoms with Crippen LogP contribution in [-0.4, -0.2) is 22.7 Å². The maximum atomic E-state index is 12.5. The number of carboxylic acid groups (broad SMARTS) is 1. The van der Waals surface area contributed by atoms with Crippen LogP contribution in [0.2, 0.25) is 0 Å². The molecule has 3 rings (SSSR count). The second-order valence-corrected chi connectivity index (χ2v) is 5.11. The molecule has 1 aromatic carbocycles. The minimum absolute atomic E-state index is 0.156. The fraction of sp³-hybridized carbons (Fsp3) is 0.0556. The molecule has 1 aliphatic rings. The third-order valence-electron chi connectivity index (χ3n) is 3.49. The zero-order valence-corrected chi connectivity index (χ0v) is 12.8. The molecule has 0 atom stereocenters. The Morgan fingerprint density at radius 2 is 2.00 bits per heavy atom. The molecular weight excluding hydrogens is 308 g/mol. The largest absolute Gasteiger partial charge is 0.478 e. The van der Waals surface area contributed by atoms with Gasteiger partial charge in [-0.25, -0.2) is 4.79 Å². The van der Waals surface area contributed by atoms with E-state index >= 15 is 0 Å². The lowest BCUT2D eigenvalue weighted by Gasteiger charge is -2.11. The molecule has 6 nitrogen and oxygen atoms in total. The van der Waals surface area contributed by atoms with Crippen LogP contribution >= 0.6 is 0 Å². The van der Waals surface area contributed by atoms with Crippen molar-refractivity contribution in [3.05, 3.63) is 71.7 Å². The number of hydrogen-bond acceptors (Lipinski definition) is 4. The number of benzene rings is 1. The maximum absolute atomic E-state index is 12.5. The summed E-state index contributed by atoms with van der Waals surface area (Å²) >= 11 is 0. The minimum Gasteiger partial charge on any atom is -0.478 e. The van der Waals surface area contributed by atoms with E-state index < -0.39 is 5.97 Å². The Labute approximate surface area is 138 Å². The van der Waals surface area contributed by atoms with E-state index in [4.69, 9.17) is 9.52 Å². The Morgan fingerprint density at radius 3 is 2.62 bits per heavy atom. The van der Waals surface area contributed by atoms with Gasteiger partial charge in [-0.3, -0.25) is 4.79 Å². The third kappa shape index (κ3) is 3.03. The smallest absolute Gasteiger partial charge is 0.335 e. The van der Waals surface area contributed by atoms with E-state index in [0.29, 0.717) is 22.7 Å². The first-order chi connectivity index (χ1) is 11.6. The van der Waals surface area contributed by atoms with E-state index in [2.05, 4.69) is 5.10 Å². The molecule has 0 unspecified atom stereocenters. The van der Waals surface area contributed by atoms with Gasteiger partial charge in [0.1, 0.15) is 5.76 Å². The predicted molar refractivity (Wildman–Crippen MR) is 89.8 cm³/mol. The highest BCUT2D eigenvalue weighted by Crippen LogP contribution is 2.24. The number of rotatable bonds is 4. The van der Waals surface area contributed by atoms with Gasteiger partial charge in [0.15, 0.2) is 0 Å². The second kappa shape index (κ2) is 6.37. The van der Waals surface area contributed by atoms with Gasteiger partial charge < -0.3 is 9.52 Å². The lowest BCUT2D eigenvalue weighted by molar-refractivity contribution is -0.114. The molecule has 24 heavy (non-hydrogen) atoms. The molecule has 1 amide bonds. The number of carbonyl (C=O) groups is 2. The summed E-state index contributed by atoms with van der Waals surface area (Å²) in [7, 11) is 0. The van der Waals surface area contributed by atoms with Crippen LogP contribution in [0.5, 0.6) is 0 Å². The molecule has 6 heteroatoms. The van der Waals surface area contributed by atoms with Crippen molar-refractivity contribution >= 4 is 29.4 Å². The molecular formula is C18H14N2O4. The molecule has 0 aliphatic carbocycles. The highest BCUT2D eigenvalue weighted by molar-refractivity contribution is 6.29. The van der Waals surface area contributed by atoms with Gasteiger partial charge in [-0.1, -0.05) is 6.08 Å². The van der Waals surface area contributed by atoms with Gasteiger partial charge in [0.25, 0.3) is 5.91 Å². The van der Waals surface area contributed by atoms with Crippen LogP contribution in [0.15, 0.2) is 69.9 Å². The standard InChI is InChI=1S/C18H14N2O4/c1-12-16(6-2-4-15-5-3-11-24-15)17(21)20(19-12)14-9-7-13(8-10-14)18(22)23/h2-11H,1H3,(H,22,23). The van der Waals surface area contributed by atoms with Crippen molar-refractivity contribution in [3.63, 3.8) is 0 Å². The van der Waals surface area contributed by atoms with Gasteiger partial charge in [-0.05, 0) is 55.5 Å². The van der Waals surface area contributed by atoms with Crippen LogP contribution in [-0.2, 0) is 4.79 Å². The van der Waals surface area contributed by atoms with Crippen LogP contribution in [0.1, 0.15) is 23.0 Å². The molecule has 1 aliphatic heterocycles. The fourth-order valence-electron chi connectivity index (χ4n) is 2.26. The van der Waals surface area contributed by atoms with Crippen molar-refractivity contribution in [2.45, 2.75) is 6.92 Å². The molecule has 2 aromatic rings. The van der Waals surface area contributed by atoms with E-state index in [1.54, 1.807) is 49.6 Å². The lowest BCUT2D eigenvalue weighted by Crippen LogP contribution is -2.21. The van der Waals surface area contributed by atoms with Crippen LogP contribution in [0.3, 0.4) is 0 Å². The number of nitrogens with zero attached hydrogens (tertiary/aromatic N) is 2. The minimum atomic E-state index is -1.02. The summed E-state index contributed by atoms with van der Waals surface area (Å²) in [6.45, 7) is 1.75. The summed E-state index contributed by atoms with van der Waals surface area (Å²) in [4.78, 5) is 23.4. The van der Waals surface area contributed by atoms with Gasteiger partial charge in [0, 0.05) is 0 Å². The SMILES string of the molecule is CC1=NN(c2ccc(C(=O)O)cc2)C(=O)C1=CC=Cc1ccco1. The number of aromatic carboxylic acids is 1. The van der Waals surface area contributed by atoms with E-state index in [1.165, 1.54) is 17.1 Å². The quantitative estimate of drug-likeness (QED) is 0.875. The maximum Gasteiger partial charge on any atom is 0.335 e. The molecule has 0 bridgehead atoms. The normalized spacial score (nSPS) is 16.2. The first-order valence-corrected chi connectivity index (χ1v) is 7.21. The Hall–Kier alpha value is -3.41. The summed E-state index contributed by atoms with van der Waals surface area (Å²) in [5.74, 6) is -0.592. The fourth-order valence-corrected chi connectivity index (χ4v) is 2.26. The first kappa shape index (κ1) is 15.5. The predicted octanol–water partition coefficient (Wildman–Crippen LogP) is 3.34. The lowest BCUT2D eigenvalue weighted by atomic mass is 10.1. The second-order valence-electron chi connectivity index (χ2n) is 5.11. The van der Waals surface area contributed by atoms with Gasteiger partial charge in [-0.15, -0.1) is 0 Å². The van der Waals surface area contributed by atoms with Gasteiger partial charge in [0.2, 0.25) is 0 Å². The number of allylic oxidation sites excluding steroid dienone is 2. The van der Waals surface area contributed by atoms with Gasteiger partial charge in [-0.2, -0.15) is 10.1 Å². The van der Waals surface area contributed by atoms with Crippen molar-refractivity contribution in [3.8, 4) is 0 Å². The molecule has 0 fully saturated rings. The number of hydrogen-bond donors (Lipinski definition) is 1. The molecule has 120 valence electrons. The van der Waals surface area contributed by atoms with E-state index in [9.17, 15) is 9.59 Å². The summed E-state index contributed by atoms with van der Waals surface area (Å²) < 4.78 is 5.18. The van der Waals surface area contributed by atoms with Crippen LogP contribution in [0.4, 0.5) is 5.69 Å². The van der Waals surface area contributed by atoms with Crippen LogP contribution < -0.4 is 5.01 Å². The van der Waals surface area contributed by atoms with Crippen molar-refractivity contribution in [2.24, 2.45) is 5.10 Å². The van der Waals surface area contributed by atoms with E-state index in [-0.39, 0.29) is 11.5 Å². The Morgan fingerprint density at radius 1 is 1.25 bits per heavy atom. The number of anilines is 1. The van der Waals surface area contributed by atoms with Crippen molar-refractivity contribution in [1.29, 1.82) is 0 Å². The number of amides is 1. The van der Waals surface area contributed by atoms with Crippen molar-refractivity contribution in [1.82, 2.24) is 0 Å². The topological polar surface area (TPSA) is 83.1 Å². The van der Waals surface area contributed by atoms with Gasteiger partial charge in [0.05, 0.1) is 28.8 Å². The molecule has 0 saturated carbocycles. The Kier molecular flexibility index (Phi) is 4.11. The zero-order chi connectivity index (χ0) is 17.1. The third-order valence-corrected chi connectivity index (χ3v) is 3.49. The molecule has 0 spiro atoms. The van der Waals surface area contributed by atoms with Crippen LogP contribution in [0.25, 0.3) is 6.08 Å². The highest BCUT2D eigenvalue weighted by atomic mass is 16.4. The molecule has 1 aromatic heterocycles. The Balaban J connectivity index is 1.81. The molecule has 2 heterocycles. The Bertz CT molecular complexity index is 859. The van der Waals surface area contributed by atoms with Crippen molar-refractivity contribution in [2.75, 3.05) is 5.01 Å². The van der Waals surface area contributed by atoms with E-state index in [1.807, 2.05) is 6.07 Å². The number of carbonyl (C=O) groups excluding carboxylic acids is 1. The highest BCUT2D eigenvalue weighted by Gasteiger charge is 2.28. The monoisotopic (exact) mass is 322 g/mol. The zero-order valence-electron chi connectivity index (χ0n) is 12.8. The van der Waals surface area contributed by atoms with Crippen molar-refractivity contribution < 1.29 is 19.1 Å². The summed E-state index contributed by atoms with van der Waals surface area (Å²) in [5, 5.41) is 14.4. The van der Waals surface area contributed by atoms with E-state index in [0.717, 1.165) is 0 Å². The van der Waals surface area contributed by atoms with Gasteiger partial charge >= 0.3 is 5.97 Å². The molecule has 0 saturated heterocycles. The summed E-state index contributed by atoms with van der Waals surface area (Å²) in [6.07, 6.45) is 6.72.